The Bertz CT molecular complexity index is 231. The maximum absolute atomic E-state index is 12.2. The van der Waals surface area contributed by atoms with Gasteiger partial charge in [0.05, 0.1) is 0 Å². The molecule has 1 heterocycles. The third-order valence-electron chi connectivity index (χ3n) is 3.81. The lowest BCUT2D eigenvalue weighted by Gasteiger charge is -2.37. The lowest BCUT2D eigenvalue weighted by atomic mass is 9.94. The van der Waals surface area contributed by atoms with Crippen LogP contribution in [0.2, 0.25) is 0 Å². The molecule has 94 valence electrons. The van der Waals surface area contributed by atoms with Crippen LogP contribution in [0.4, 0.5) is 0 Å². The summed E-state index contributed by atoms with van der Waals surface area (Å²) >= 11 is 0. The first-order valence-corrected chi connectivity index (χ1v) is 6.12. The minimum atomic E-state index is -0.657. The highest BCUT2D eigenvalue weighted by atomic mass is 16.5. The first-order chi connectivity index (χ1) is 7.57. The first-order valence-electron chi connectivity index (χ1n) is 6.12. The molecule has 4 heteroatoms. The van der Waals surface area contributed by atoms with Gasteiger partial charge in [0.15, 0.2) is 0 Å². The number of carbonyl (C=O) groups excluding carboxylic acids is 1. The van der Waals surface area contributed by atoms with Crippen molar-refractivity contribution in [3.63, 3.8) is 0 Å². The van der Waals surface area contributed by atoms with Crippen LogP contribution in [0.3, 0.4) is 0 Å². The van der Waals surface area contributed by atoms with Crippen LogP contribution in [0.5, 0.6) is 0 Å². The molecule has 0 aliphatic carbocycles. The van der Waals surface area contributed by atoms with Crippen LogP contribution in [0, 0.1) is 5.92 Å². The van der Waals surface area contributed by atoms with Gasteiger partial charge in [-0.25, -0.2) is 0 Å². The SMILES string of the molecule is CCC(C)(OC)C(=O)N1CCC(CN)CC1. The number of carbonyl (C=O) groups is 1. The zero-order valence-electron chi connectivity index (χ0n) is 10.7. The molecule has 1 aliphatic rings. The Hall–Kier alpha value is -0.610. The maximum Gasteiger partial charge on any atom is 0.254 e. The number of methoxy groups -OCH3 is 1. The van der Waals surface area contributed by atoms with Gasteiger partial charge >= 0.3 is 0 Å². The number of hydrogen-bond donors (Lipinski definition) is 1. The summed E-state index contributed by atoms with van der Waals surface area (Å²) in [5.74, 6) is 0.701. The van der Waals surface area contributed by atoms with Crippen LogP contribution < -0.4 is 5.73 Å². The fourth-order valence-corrected chi connectivity index (χ4v) is 2.09. The number of nitrogens with zero attached hydrogens (tertiary/aromatic N) is 1. The zero-order valence-corrected chi connectivity index (χ0v) is 10.7. The highest BCUT2D eigenvalue weighted by molar-refractivity contribution is 5.84. The Morgan fingerprint density at radius 3 is 2.44 bits per heavy atom. The van der Waals surface area contributed by atoms with Crippen molar-refractivity contribution in [2.75, 3.05) is 26.7 Å². The second-order valence-corrected chi connectivity index (χ2v) is 4.76. The number of likely N-dealkylation sites (tertiary alicyclic amines) is 1. The van der Waals surface area contributed by atoms with Crippen LogP contribution >= 0.6 is 0 Å². The number of amides is 1. The van der Waals surface area contributed by atoms with E-state index in [1.165, 1.54) is 0 Å². The third kappa shape index (κ3) is 2.74. The van der Waals surface area contributed by atoms with Gasteiger partial charge in [-0.15, -0.1) is 0 Å². The molecule has 0 saturated carbocycles. The van der Waals surface area contributed by atoms with Crippen molar-refractivity contribution in [2.24, 2.45) is 11.7 Å². The summed E-state index contributed by atoms with van der Waals surface area (Å²) in [5, 5.41) is 0. The van der Waals surface area contributed by atoms with Gasteiger partial charge in [-0.3, -0.25) is 4.79 Å². The number of hydrogen-bond acceptors (Lipinski definition) is 3. The lowest BCUT2D eigenvalue weighted by Crippen LogP contribution is -2.51. The van der Waals surface area contributed by atoms with E-state index in [-0.39, 0.29) is 5.91 Å². The largest absolute Gasteiger partial charge is 0.369 e. The van der Waals surface area contributed by atoms with Gasteiger partial charge in [0.25, 0.3) is 5.91 Å². The molecular formula is C12H24N2O2. The van der Waals surface area contributed by atoms with Gasteiger partial charge in [0.1, 0.15) is 5.60 Å². The fraction of sp³-hybridized carbons (Fsp3) is 0.917. The second kappa shape index (κ2) is 5.64. The first kappa shape index (κ1) is 13.5. The Morgan fingerprint density at radius 1 is 1.50 bits per heavy atom. The molecule has 4 nitrogen and oxygen atoms in total. The lowest BCUT2D eigenvalue weighted by molar-refractivity contribution is -0.154. The van der Waals surface area contributed by atoms with Crippen molar-refractivity contribution in [3.8, 4) is 0 Å². The second-order valence-electron chi connectivity index (χ2n) is 4.76. The minimum absolute atomic E-state index is 0.118. The minimum Gasteiger partial charge on any atom is -0.369 e. The molecule has 2 N–H and O–H groups in total. The normalized spacial score (nSPS) is 21.9. The molecule has 0 radical (unpaired) electrons. The average Bonchev–Trinajstić information content (AvgIpc) is 2.37. The van der Waals surface area contributed by atoms with Crippen molar-refractivity contribution in [1.82, 2.24) is 4.90 Å². The van der Waals surface area contributed by atoms with Gasteiger partial charge in [0, 0.05) is 20.2 Å². The molecule has 1 unspecified atom stereocenters. The number of piperidine rings is 1. The topological polar surface area (TPSA) is 55.6 Å². The van der Waals surface area contributed by atoms with Crippen LogP contribution in [0.25, 0.3) is 0 Å². The molecule has 0 bridgehead atoms. The smallest absolute Gasteiger partial charge is 0.254 e. The van der Waals surface area contributed by atoms with Gasteiger partial charge in [-0.2, -0.15) is 0 Å². The van der Waals surface area contributed by atoms with E-state index in [9.17, 15) is 4.79 Å². The molecular weight excluding hydrogens is 204 g/mol. The molecule has 1 saturated heterocycles. The molecule has 1 atom stereocenters. The highest BCUT2D eigenvalue weighted by Gasteiger charge is 2.36. The van der Waals surface area contributed by atoms with Gasteiger partial charge in [0.2, 0.25) is 0 Å². The monoisotopic (exact) mass is 228 g/mol. The van der Waals surface area contributed by atoms with E-state index >= 15 is 0 Å². The average molecular weight is 228 g/mol. The van der Waals surface area contributed by atoms with E-state index < -0.39 is 5.60 Å². The standard InChI is InChI=1S/C12H24N2O2/c1-4-12(2,16-3)11(15)14-7-5-10(9-13)6-8-14/h10H,4-9,13H2,1-3H3. The van der Waals surface area contributed by atoms with E-state index in [4.69, 9.17) is 10.5 Å². The summed E-state index contributed by atoms with van der Waals surface area (Å²) < 4.78 is 5.34. The Kier molecular flexibility index (Phi) is 4.74. The molecule has 1 fully saturated rings. The molecule has 1 aliphatic heterocycles. The van der Waals surface area contributed by atoms with E-state index in [1.807, 2.05) is 18.7 Å². The van der Waals surface area contributed by atoms with E-state index in [0.29, 0.717) is 12.3 Å². The van der Waals surface area contributed by atoms with Crippen LogP contribution in [0.1, 0.15) is 33.1 Å². The highest BCUT2D eigenvalue weighted by Crippen LogP contribution is 2.22. The van der Waals surface area contributed by atoms with Crippen molar-refractivity contribution >= 4 is 5.91 Å². The molecule has 0 aromatic carbocycles. The third-order valence-corrected chi connectivity index (χ3v) is 3.81. The van der Waals surface area contributed by atoms with Crippen molar-refractivity contribution in [2.45, 2.75) is 38.7 Å². The van der Waals surface area contributed by atoms with Gasteiger partial charge in [-0.1, -0.05) is 6.92 Å². The molecule has 1 rings (SSSR count). The Morgan fingerprint density at radius 2 is 2.06 bits per heavy atom. The van der Waals surface area contributed by atoms with E-state index in [2.05, 4.69) is 0 Å². The number of rotatable bonds is 4. The zero-order chi connectivity index (χ0) is 12.2. The predicted octanol–water partition coefficient (Wildman–Crippen LogP) is 0.999. The molecule has 0 aromatic heterocycles. The summed E-state index contributed by atoms with van der Waals surface area (Å²) in [6.45, 7) is 6.22. The van der Waals surface area contributed by atoms with Crippen molar-refractivity contribution in [3.05, 3.63) is 0 Å². The van der Waals surface area contributed by atoms with Crippen LogP contribution in [-0.2, 0) is 9.53 Å². The predicted molar refractivity (Wildman–Crippen MR) is 64.1 cm³/mol. The van der Waals surface area contributed by atoms with Gasteiger partial charge < -0.3 is 15.4 Å². The Balaban J connectivity index is 2.56. The van der Waals surface area contributed by atoms with Crippen molar-refractivity contribution in [1.29, 1.82) is 0 Å². The molecule has 0 spiro atoms. The number of ether oxygens (including phenoxy) is 1. The molecule has 16 heavy (non-hydrogen) atoms. The summed E-state index contributed by atoms with van der Waals surface area (Å²) in [6.07, 6.45) is 2.75. The van der Waals surface area contributed by atoms with E-state index in [1.54, 1.807) is 7.11 Å². The molecule has 1 amide bonds. The van der Waals surface area contributed by atoms with Gasteiger partial charge in [-0.05, 0) is 38.6 Å². The summed E-state index contributed by atoms with van der Waals surface area (Å²) in [5.41, 5.74) is 4.98. The maximum atomic E-state index is 12.2. The Labute approximate surface area is 98.1 Å². The van der Waals surface area contributed by atoms with Crippen LogP contribution in [0.15, 0.2) is 0 Å². The van der Waals surface area contributed by atoms with Crippen LogP contribution in [-0.4, -0.2) is 43.2 Å². The summed E-state index contributed by atoms with van der Waals surface area (Å²) in [6, 6.07) is 0. The fourth-order valence-electron chi connectivity index (χ4n) is 2.09. The quantitative estimate of drug-likeness (QED) is 0.781. The number of nitrogens with two attached hydrogens (primary N) is 1. The van der Waals surface area contributed by atoms with Crippen molar-refractivity contribution < 1.29 is 9.53 Å². The van der Waals surface area contributed by atoms with E-state index in [0.717, 1.165) is 32.5 Å². The summed E-state index contributed by atoms with van der Waals surface area (Å²) in [7, 11) is 1.61. The molecule has 0 aromatic rings. The summed E-state index contributed by atoms with van der Waals surface area (Å²) in [4.78, 5) is 14.2.